The lowest BCUT2D eigenvalue weighted by atomic mass is 9.96. The molecule has 1 saturated heterocycles. The van der Waals surface area contributed by atoms with E-state index in [1.165, 1.54) is 0 Å². The molecule has 1 fully saturated rings. The van der Waals surface area contributed by atoms with Crippen LogP contribution in [-0.2, 0) is 9.53 Å². The van der Waals surface area contributed by atoms with Crippen LogP contribution < -0.4 is 0 Å². The Labute approximate surface area is 110 Å². The predicted octanol–water partition coefficient (Wildman–Crippen LogP) is 2.28. The Hall–Kier alpha value is -0.820. The zero-order valence-electron chi connectivity index (χ0n) is 11.5. The van der Waals surface area contributed by atoms with Gasteiger partial charge in [0.05, 0.1) is 17.6 Å². The van der Waals surface area contributed by atoms with Gasteiger partial charge in [-0.25, -0.2) is 0 Å². The maximum absolute atomic E-state index is 13.0. The number of alkyl halides is 3. The average Bonchev–Trinajstić information content (AvgIpc) is 2.06. The van der Waals surface area contributed by atoms with E-state index in [4.69, 9.17) is 9.84 Å². The lowest BCUT2D eigenvalue weighted by molar-refractivity contribution is -0.237. The summed E-state index contributed by atoms with van der Waals surface area (Å²) in [5.74, 6) is -1.45. The highest BCUT2D eigenvalue weighted by Crippen LogP contribution is 2.35. The molecule has 0 saturated carbocycles. The number of ether oxygens (including phenoxy) is 1. The van der Waals surface area contributed by atoms with Crippen molar-refractivity contribution in [2.45, 2.75) is 57.5 Å². The Bertz CT molecular complexity index is 337. The number of rotatable bonds is 3. The monoisotopic (exact) mass is 283 g/mol. The molecule has 0 aromatic heterocycles. The van der Waals surface area contributed by atoms with Crippen LogP contribution in [0.2, 0.25) is 0 Å². The molecule has 1 heterocycles. The maximum Gasteiger partial charge on any atom is 0.404 e. The molecule has 1 atom stereocenters. The van der Waals surface area contributed by atoms with Crippen LogP contribution in [0, 0.1) is 0 Å². The van der Waals surface area contributed by atoms with Crippen molar-refractivity contribution < 1.29 is 27.8 Å². The first-order chi connectivity index (χ1) is 8.32. The molecular weight excluding hydrogens is 263 g/mol. The summed E-state index contributed by atoms with van der Waals surface area (Å²) in [4.78, 5) is 11.8. The van der Waals surface area contributed by atoms with Crippen molar-refractivity contribution >= 4 is 5.97 Å². The highest BCUT2D eigenvalue weighted by molar-refractivity contribution is 5.67. The van der Waals surface area contributed by atoms with Gasteiger partial charge in [0.25, 0.3) is 0 Å². The van der Waals surface area contributed by atoms with E-state index in [0.29, 0.717) is 0 Å². The fourth-order valence-corrected chi connectivity index (χ4v) is 2.68. The van der Waals surface area contributed by atoms with Crippen molar-refractivity contribution in [1.82, 2.24) is 4.90 Å². The van der Waals surface area contributed by atoms with Crippen LogP contribution in [0.1, 0.15) is 34.1 Å². The molecule has 19 heavy (non-hydrogen) atoms. The van der Waals surface area contributed by atoms with Crippen LogP contribution in [0.3, 0.4) is 0 Å². The van der Waals surface area contributed by atoms with Gasteiger partial charge in [-0.3, -0.25) is 9.69 Å². The number of hydrogen-bond acceptors (Lipinski definition) is 3. The van der Waals surface area contributed by atoms with Gasteiger partial charge in [0.15, 0.2) is 0 Å². The third-order valence-electron chi connectivity index (χ3n) is 2.91. The molecule has 0 spiro atoms. The van der Waals surface area contributed by atoms with E-state index in [2.05, 4.69) is 0 Å². The summed E-state index contributed by atoms with van der Waals surface area (Å²) in [6, 6.07) is -1.98. The lowest BCUT2D eigenvalue weighted by Gasteiger charge is -2.49. The Kier molecular flexibility index (Phi) is 4.22. The smallest absolute Gasteiger partial charge is 0.404 e. The molecule has 4 nitrogen and oxygen atoms in total. The van der Waals surface area contributed by atoms with Gasteiger partial charge in [0.2, 0.25) is 0 Å². The molecule has 1 unspecified atom stereocenters. The standard InChI is InChI=1S/C12H20F3NO3/c1-10(2)6-16(7-11(3,4)19-10)8(5-9(17)18)12(13,14)15/h8H,5-7H2,1-4H3,(H,17,18). The van der Waals surface area contributed by atoms with Crippen LogP contribution in [-0.4, -0.2) is 52.5 Å². The van der Waals surface area contributed by atoms with E-state index in [-0.39, 0.29) is 13.1 Å². The Balaban J connectivity index is 2.98. The van der Waals surface area contributed by atoms with E-state index in [9.17, 15) is 18.0 Å². The van der Waals surface area contributed by atoms with Gasteiger partial charge in [-0.05, 0) is 27.7 Å². The van der Waals surface area contributed by atoms with Gasteiger partial charge < -0.3 is 9.84 Å². The number of carbonyl (C=O) groups is 1. The molecule has 0 aromatic rings. The van der Waals surface area contributed by atoms with Crippen molar-refractivity contribution in [3.63, 3.8) is 0 Å². The Morgan fingerprint density at radius 3 is 2.00 bits per heavy atom. The largest absolute Gasteiger partial charge is 0.481 e. The Morgan fingerprint density at radius 1 is 1.26 bits per heavy atom. The minimum Gasteiger partial charge on any atom is -0.481 e. The number of carboxylic acids is 1. The number of nitrogens with zero attached hydrogens (tertiary/aromatic N) is 1. The summed E-state index contributed by atoms with van der Waals surface area (Å²) in [7, 11) is 0. The third kappa shape index (κ3) is 4.65. The zero-order valence-corrected chi connectivity index (χ0v) is 11.5. The van der Waals surface area contributed by atoms with Gasteiger partial charge in [-0.15, -0.1) is 0 Å². The van der Waals surface area contributed by atoms with E-state index in [0.717, 1.165) is 4.90 Å². The quantitative estimate of drug-likeness (QED) is 0.863. The molecular formula is C12H20F3NO3. The molecule has 0 aliphatic carbocycles. The number of hydrogen-bond donors (Lipinski definition) is 1. The second-order valence-corrected chi connectivity index (χ2v) is 6.18. The van der Waals surface area contributed by atoms with E-state index in [1.807, 2.05) is 0 Å². The average molecular weight is 283 g/mol. The molecule has 7 heteroatoms. The first-order valence-electron chi connectivity index (χ1n) is 6.05. The van der Waals surface area contributed by atoms with Crippen LogP contribution >= 0.6 is 0 Å². The second-order valence-electron chi connectivity index (χ2n) is 6.18. The lowest BCUT2D eigenvalue weighted by Crippen LogP contribution is -2.62. The fraction of sp³-hybridized carbons (Fsp3) is 0.917. The van der Waals surface area contributed by atoms with Crippen molar-refractivity contribution in [2.24, 2.45) is 0 Å². The molecule has 0 bridgehead atoms. The molecule has 0 amide bonds. The minimum absolute atomic E-state index is 0.0495. The number of aliphatic carboxylic acids is 1. The Morgan fingerprint density at radius 2 is 1.68 bits per heavy atom. The maximum atomic E-state index is 13.0. The molecule has 1 aliphatic rings. The van der Waals surface area contributed by atoms with Crippen LogP contribution in [0.4, 0.5) is 13.2 Å². The van der Waals surface area contributed by atoms with Crippen LogP contribution in [0.15, 0.2) is 0 Å². The van der Waals surface area contributed by atoms with Gasteiger partial charge in [0.1, 0.15) is 6.04 Å². The minimum atomic E-state index is -4.57. The van der Waals surface area contributed by atoms with Crippen molar-refractivity contribution in [1.29, 1.82) is 0 Å². The van der Waals surface area contributed by atoms with Gasteiger partial charge in [-0.1, -0.05) is 0 Å². The molecule has 1 N–H and O–H groups in total. The van der Waals surface area contributed by atoms with Crippen molar-refractivity contribution in [2.75, 3.05) is 13.1 Å². The first-order valence-corrected chi connectivity index (χ1v) is 6.05. The molecule has 1 rings (SSSR count). The number of carboxylic acid groups (broad SMARTS) is 1. The highest BCUT2D eigenvalue weighted by Gasteiger charge is 2.50. The normalized spacial score (nSPS) is 25.0. The summed E-state index contributed by atoms with van der Waals surface area (Å²) in [5.41, 5.74) is -1.49. The zero-order chi connectivity index (χ0) is 15.1. The first kappa shape index (κ1) is 16.2. The van der Waals surface area contributed by atoms with Crippen molar-refractivity contribution in [3.8, 4) is 0 Å². The molecule has 0 radical (unpaired) electrons. The SMILES string of the molecule is CC1(C)CN(C(CC(=O)O)C(F)(F)F)CC(C)(C)O1. The summed E-state index contributed by atoms with van der Waals surface area (Å²) in [6.07, 6.45) is -5.52. The summed E-state index contributed by atoms with van der Waals surface area (Å²) in [5, 5.41) is 8.68. The van der Waals surface area contributed by atoms with E-state index >= 15 is 0 Å². The highest BCUT2D eigenvalue weighted by atomic mass is 19.4. The number of halogens is 3. The predicted molar refractivity (Wildman–Crippen MR) is 62.9 cm³/mol. The van der Waals surface area contributed by atoms with Crippen LogP contribution in [0.25, 0.3) is 0 Å². The van der Waals surface area contributed by atoms with Gasteiger partial charge in [-0.2, -0.15) is 13.2 Å². The van der Waals surface area contributed by atoms with E-state index < -0.39 is 35.8 Å². The van der Waals surface area contributed by atoms with Gasteiger partial charge >= 0.3 is 12.1 Å². The summed E-state index contributed by atoms with van der Waals surface area (Å²) < 4.78 is 44.8. The molecule has 112 valence electrons. The topological polar surface area (TPSA) is 49.8 Å². The fourth-order valence-electron chi connectivity index (χ4n) is 2.68. The second kappa shape index (κ2) is 4.94. The molecule has 0 aromatic carbocycles. The van der Waals surface area contributed by atoms with Crippen LogP contribution in [0.5, 0.6) is 0 Å². The third-order valence-corrected chi connectivity index (χ3v) is 2.91. The summed E-state index contributed by atoms with van der Waals surface area (Å²) >= 11 is 0. The summed E-state index contributed by atoms with van der Waals surface area (Å²) in [6.45, 7) is 6.91. The van der Waals surface area contributed by atoms with E-state index in [1.54, 1.807) is 27.7 Å². The van der Waals surface area contributed by atoms with Crippen molar-refractivity contribution in [3.05, 3.63) is 0 Å². The molecule has 1 aliphatic heterocycles. The van der Waals surface area contributed by atoms with Gasteiger partial charge in [0, 0.05) is 13.1 Å². The number of morpholine rings is 1.